The Balaban J connectivity index is 1.66. The number of fused-ring (bicyclic) bond motifs is 1. The van der Waals surface area contributed by atoms with Gasteiger partial charge in [0.15, 0.2) is 0 Å². The number of rotatable bonds is 3. The van der Waals surface area contributed by atoms with Crippen molar-refractivity contribution >= 4 is 0 Å². The number of hydrogen-bond donors (Lipinski definition) is 1. The van der Waals surface area contributed by atoms with Gasteiger partial charge in [-0.25, -0.2) is 0 Å². The van der Waals surface area contributed by atoms with Crippen LogP contribution in [0, 0.1) is 11.3 Å². The highest BCUT2D eigenvalue weighted by Gasteiger charge is 2.39. The molecule has 0 amide bonds. The Kier molecular flexibility index (Phi) is 4.45. The Morgan fingerprint density at radius 1 is 1.05 bits per heavy atom. The molecule has 3 heteroatoms. The topological polar surface area (TPSA) is 38.5 Å². The molecular weight excluding hydrogens is 236 g/mol. The number of nitrogens with zero attached hydrogens (tertiary/aromatic N) is 1. The van der Waals surface area contributed by atoms with Crippen LogP contribution < -0.4 is 5.73 Å². The smallest absolute Gasteiger partial charge is 0.0472 e. The monoisotopic (exact) mass is 266 g/mol. The van der Waals surface area contributed by atoms with Gasteiger partial charge in [-0.05, 0) is 62.9 Å². The van der Waals surface area contributed by atoms with Gasteiger partial charge in [-0.15, -0.1) is 0 Å². The molecule has 19 heavy (non-hydrogen) atoms. The molecule has 0 bridgehead atoms. The fourth-order valence-electron chi connectivity index (χ4n) is 4.59. The van der Waals surface area contributed by atoms with Gasteiger partial charge in [-0.2, -0.15) is 0 Å². The molecule has 0 radical (unpaired) electrons. The first-order valence-corrected chi connectivity index (χ1v) is 8.35. The Morgan fingerprint density at radius 2 is 1.79 bits per heavy atom. The van der Waals surface area contributed by atoms with Crippen LogP contribution in [0.1, 0.15) is 51.4 Å². The summed E-state index contributed by atoms with van der Waals surface area (Å²) in [5.41, 5.74) is 6.49. The van der Waals surface area contributed by atoms with Crippen LogP contribution in [0.3, 0.4) is 0 Å². The maximum absolute atomic E-state index is 6.14. The van der Waals surface area contributed by atoms with Crippen molar-refractivity contribution in [2.75, 3.05) is 32.8 Å². The molecule has 2 N–H and O–H groups in total. The second-order valence-corrected chi connectivity index (χ2v) is 7.04. The van der Waals surface area contributed by atoms with E-state index in [1.807, 2.05) is 0 Å². The lowest BCUT2D eigenvalue weighted by Crippen LogP contribution is -2.53. The van der Waals surface area contributed by atoms with E-state index in [1.54, 1.807) is 0 Å². The van der Waals surface area contributed by atoms with Gasteiger partial charge in [0.05, 0.1) is 0 Å². The second-order valence-electron chi connectivity index (χ2n) is 7.04. The predicted molar refractivity (Wildman–Crippen MR) is 78.1 cm³/mol. The summed E-state index contributed by atoms with van der Waals surface area (Å²) < 4.78 is 5.55. The molecule has 2 heterocycles. The molecule has 1 saturated carbocycles. The highest BCUT2D eigenvalue weighted by Crippen LogP contribution is 2.38. The summed E-state index contributed by atoms with van der Waals surface area (Å²) in [5, 5.41) is 0. The van der Waals surface area contributed by atoms with Gasteiger partial charge in [0.25, 0.3) is 0 Å². The third kappa shape index (κ3) is 2.98. The number of ether oxygens (including phenoxy) is 1. The fraction of sp³-hybridized carbons (Fsp3) is 1.00. The van der Waals surface area contributed by atoms with Crippen LogP contribution in [0.5, 0.6) is 0 Å². The number of piperidine rings is 1. The van der Waals surface area contributed by atoms with Crippen LogP contribution in [-0.2, 0) is 4.74 Å². The largest absolute Gasteiger partial charge is 0.381 e. The zero-order valence-electron chi connectivity index (χ0n) is 12.3. The first kappa shape index (κ1) is 13.8. The third-order valence-corrected chi connectivity index (χ3v) is 5.88. The molecule has 2 atom stereocenters. The zero-order valence-corrected chi connectivity index (χ0v) is 12.3. The summed E-state index contributed by atoms with van der Waals surface area (Å²) in [6.45, 7) is 5.21. The molecule has 3 nitrogen and oxygen atoms in total. The van der Waals surface area contributed by atoms with E-state index < -0.39 is 0 Å². The van der Waals surface area contributed by atoms with Crippen molar-refractivity contribution in [2.24, 2.45) is 17.1 Å². The van der Waals surface area contributed by atoms with Crippen molar-refractivity contribution in [3.05, 3.63) is 0 Å². The summed E-state index contributed by atoms with van der Waals surface area (Å²) in [5.74, 6) is 0.983. The van der Waals surface area contributed by atoms with E-state index in [0.717, 1.165) is 44.6 Å². The average molecular weight is 266 g/mol. The quantitative estimate of drug-likeness (QED) is 0.852. The van der Waals surface area contributed by atoms with Gasteiger partial charge in [-0.3, -0.25) is 4.90 Å². The second kappa shape index (κ2) is 6.11. The molecule has 0 aromatic rings. The van der Waals surface area contributed by atoms with Crippen molar-refractivity contribution in [3.8, 4) is 0 Å². The molecule has 3 fully saturated rings. The van der Waals surface area contributed by atoms with Gasteiger partial charge in [-0.1, -0.05) is 12.8 Å². The SMILES string of the molecule is NCC1(CN2CCCC3CCCCC32)CCOCC1. The molecule has 110 valence electrons. The minimum Gasteiger partial charge on any atom is -0.381 e. The molecule has 3 aliphatic rings. The Labute approximate surface area is 117 Å². The lowest BCUT2D eigenvalue weighted by atomic mass is 9.75. The van der Waals surface area contributed by atoms with Crippen LogP contribution in [0.4, 0.5) is 0 Å². The highest BCUT2D eigenvalue weighted by atomic mass is 16.5. The van der Waals surface area contributed by atoms with E-state index in [9.17, 15) is 0 Å². The first-order valence-electron chi connectivity index (χ1n) is 8.35. The standard InChI is InChI=1S/C16H30N2O/c17-12-16(7-10-19-11-8-16)13-18-9-3-5-14-4-1-2-6-15(14)18/h14-15H,1-13,17H2. The first-order chi connectivity index (χ1) is 9.33. The molecule has 3 rings (SSSR count). The summed E-state index contributed by atoms with van der Waals surface area (Å²) in [7, 11) is 0. The number of likely N-dealkylation sites (tertiary alicyclic amines) is 1. The average Bonchev–Trinajstić information content (AvgIpc) is 2.49. The highest BCUT2D eigenvalue weighted by molar-refractivity contribution is 4.93. The van der Waals surface area contributed by atoms with Crippen LogP contribution in [0.2, 0.25) is 0 Å². The minimum atomic E-state index is 0.345. The normalized spacial score (nSPS) is 35.8. The van der Waals surface area contributed by atoms with E-state index in [0.29, 0.717) is 5.41 Å². The predicted octanol–water partition coefficient (Wildman–Crippen LogP) is 2.40. The molecule has 2 saturated heterocycles. The van der Waals surface area contributed by atoms with Gasteiger partial charge >= 0.3 is 0 Å². The minimum absolute atomic E-state index is 0.345. The van der Waals surface area contributed by atoms with Gasteiger partial charge in [0, 0.05) is 25.8 Å². The zero-order chi connectivity index (χ0) is 13.1. The van der Waals surface area contributed by atoms with Crippen LogP contribution >= 0.6 is 0 Å². The Hall–Kier alpha value is -0.120. The molecule has 1 aliphatic carbocycles. The van der Waals surface area contributed by atoms with Crippen molar-refractivity contribution in [2.45, 2.75) is 57.4 Å². The van der Waals surface area contributed by atoms with Crippen molar-refractivity contribution in [1.29, 1.82) is 0 Å². The van der Waals surface area contributed by atoms with Crippen LogP contribution in [0.25, 0.3) is 0 Å². The van der Waals surface area contributed by atoms with E-state index >= 15 is 0 Å². The van der Waals surface area contributed by atoms with Gasteiger partial charge in [0.1, 0.15) is 0 Å². The van der Waals surface area contributed by atoms with E-state index in [4.69, 9.17) is 10.5 Å². The summed E-state index contributed by atoms with van der Waals surface area (Å²) in [6.07, 6.45) is 11.0. The molecular formula is C16H30N2O. The van der Waals surface area contributed by atoms with E-state index in [2.05, 4.69) is 4.90 Å². The summed E-state index contributed by atoms with van der Waals surface area (Å²) >= 11 is 0. The van der Waals surface area contributed by atoms with Crippen molar-refractivity contribution < 1.29 is 4.74 Å². The fourth-order valence-corrected chi connectivity index (χ4v) is 4.59. The molecule has 0 aromatic carbocycles. The van der Waals surface area contributed by atoms with Crippen LogP contribution in [0.15, 0.2) is 0 Å². The molecule has 2 aliphatic heterocycles. The van der Waals surface area contributed by atoms with Gasteiger partial charge in [0.2, 0.25) is 0 Å². The van der Waals surface area contributed by atoms with Gasteiger partial charge < -0.3 is 10.5 Å². The van der Waals surface area contributed by atoms with E-state index in [1.165, 1.54) is 51.6 Å². The Morgan fingerprint density at radius 3 is 2.58 bits per heavy atom. The van der Waals surface area contributed by atoms with E-state index in [-0.39, 0.29) is 0 Å². The van der Waals surface area contributed by atoms with Crippen LogP contribution in [-0.4, -0.2) is 43.8 Å². The maximum atomic E-state index is 6.14. The van der Waals surface area contributed by atoms with Crippen molar-refractivity contribution in [1.82, 2.24) is 4.90 Å². The maximum Gasteiger partial charge on any atom is 0.0472 e. The molecule has 0 spiro atoms. The summed E-state index contributed by atoms with van der Waals surface area (Å²) in [6, 6.07) is 0.869. The molecule has 0 aromatic heterocycles. The number of hydrogen-bond acceptors (Lipinski definition) is 3. The lowest BCUT2D eigenvalue weighted by Gasteiger charge is -2.49. The third-order valence-electron chi connectivity index (χ3n) is 5.88. The number of nitrogens with two attached hydrogens (primary N) is 1. The van der Waals surface area contributed by atoms with Crippen molar-refractivity contribution in [3.63, 3.8) is 0 Å². The Bertz CT molecular complexity index is 286. The lowest BCUT2D eigenvalue weighted by molar-refractivity contribution is -0.0292. The molecule has 2 unspecified atom stereocenters. The summed E-state index contributed by atoms with van der Waals surface area (Å²) in [4.78, 5) is 2.81.